The first-order valence-corrected chi connectivity index (χ1v) is 13.2. The fourth-order valence-corrected chi connectivity index (χ4v) is 4.08. The van der Waals surface area contributed by atoms with E-state index >= 15 is 0 Å². The highest BCUT2D eigenvalue weighted by atomic mass is 35.5. The lowest BCUT2D eigenvalue weighted by Gasteiger charge is -2.12. The topological polar surface area (TPSA) is 60.2 Å². The standard InChI is InChI=1S/C28H23ClFN3O2.C3H8/c1-2-4-22-9-12-26(35-22)19-7-10-25-23(14-19)28(32-17-31-25)33-21-8-11-27(24(29)15-21)34-16-18-5-3-6-20(30)13-18;1-3-2/h3,5-15,17H,2,4,16H2,1H3,(H,31,32,33);3H2,1-2H3. The fourth-order valence-electron chi connectivity index (χ4n) is 3.84. The molecule has 0 spiro atoms. The van der Waals surface area contributed by atoms with E-state index < -0.39 is 0 Å². The molecule has 5 nitrogen and oxygen atoms in total. The highest BCUT2D eigenvalue weighted by Crippen LogP contribution is 2.33. The highest BCUT2D eigenvalue weighted by Gasteiger charge is 2.11. The van der Waals surface area contributed by atoms with Gasteiger partial charge in [-0.2, -0.15) is 0 Å². The summed E-state index contributed by atoms with van der Waals surface area (Å²) in [5.74, 6) is 2.65. The summed E-state index contributed by atoms with van der Waals surface area (Å²) >= 11 is 6.46. The predicted molar refractivity (Wildman–Crippen MR) is 153 cm³/mol. The maximum atomic E-state index is 13.4. The Morgan fingerprint density at radius 3 is 2.55 bits per heavy atom. The van der Waals surface area contributed by atoms with E-state index in [4.69, 9.17) is 20.8 Å². The van der Waals surface area contributed by atoms with Crippen LogP contribution in [-0.2, 0) is 13.0 Å². The van der Waals surface area contributed by atoms with Crippen molar-refractivity contribution in [3.05, 3.63) is 101 Å². The van der Waals surface area contributed by atoms with Crippen molar-refractivity contribution >= 4 is 34.0 Å². The molecule has 0 saturated heterocycles. The summed E-state index contributed by atoms with van der Waals surface area (Å²) in [7, 11) is 0. The number of rotatable bonds is 8. The number of nitrogens with one attached hydrogen (secondary N) is 1. The Bertz CT molecular complexity index is 1500. The van der Waals surface area contributed by atoms with Gasteiger partial charge < -0.3 is 14.5 Å². The van der Waals surface area contributed by atoms with Crippen molar-refractivity contribution in [1.82, 2.24) is 9.97 Å². The Balaban J connectivity index is 0.00000107. The van der Waals surface area contributed by atoms with Gasteiger partial charge in [0.1, 0.15) is 41.8 Å². The minimum atomic E-state index is -0.301. The van der Waals surface area contributed by atoms with Crippen LogP contribution in [0.5, 0.6) is 5.75 Å². The molecule has 5 rings (SSSR count). The van der Waals surface area contributed by atoms with Crippen LogP contribution >= 0.6 is 11.6 Å². The second-order valence-corrected chi connectivity index (χ2v) is 9.27. The summed E-state index contributed by atoms with van der Waals surface area (Å²) in [5.41, 5.74) is 3.25. The van der Waals surface area contributed by atoms with Gasteiger partial charge in [-0.05, 0) is 72.6 Å². The van der Waals surface area contributed by atoms with Crippen molar-refractivity contribution in [1.29, 1.82) is 0 Å². The maximum absolute atomic E-state index is 13.4. The number of anilines is 2. The summed E-state index contributed by atoms with van der Waals surface area (Å²) in [6.07, 6.45) is 4.71. The highest BCUT2D eigenvalue weighted by molar-refractivity contribution is 6.32. The number of nitrogens with zero attached hydrogens (tertiary/aromatic N) is 2. The average molecular weight is 532 g/mol. The third-order valence-electron chi connectivity index (χ3n) is 5.56. The summed E-state index contributed by atoms with van der Waals surface area (Å²) in [6.45, 7) is 6.60. The van der Waals surface area contributed by atoms with Crippen molar-refractivity contribution in [2.75, 3.05) is 5.32 Å². The zero-order chi connectivity index (χ0) is 26.9. The second-order valence-electron chi connectivity index (χ2n) is 8.87. The summed E-state index contributed by atoms with van der Waals surface area (Å²) in [5, 5.41) is 4.63. The van der Waals surface area contributed by atoms with Crippen molar-refractivity contribution in [3.8, 4) is 17.1 Å². The third kappa shape index (κ3) is 6.90. The quantitative estimate of drug-likeness (QED) is 0.216. The van der Waals surface area contributed by atoms with Gasteiger partial charge in [-0.1, -0.05) is 50.9 Å². The molecule has 7 heteroatoms. The van der Waals surface area contributed by atoms with Crippen LogP contribution in [0, 0.1) is 5.82 Å². The molecule has 0 atom stereocenters. The van der Waals surface area contributed by atoms with Crippen molar-refractivity contribution in [2.24, 2.45) is 0 Å². The number of hydrogen-bond acceptors (Lipinski definition) is 5. The molecule has 0 amide bonds. The smallest absolute Gasteiger partial charge is 0.141 e. The van der Waals surface area contributed by atoms with E-state index in [9.17, 15) is 4.39 Å². The minimum Gasteiger partial charge on any atom is -0.487 e. The van der Waals surface area contributed by atoms with E-state index in [1.807, 2.05) is 36.4 Å². The Kier molecular flexibility index (Phi) is 9.33. The van der Waals surface area contributed by atoms with E-state index in [1.165, 1.54) is 24.9 Å². The molecule has 0 unspecified atom stereocenters. The van der Waals surface area contributed by atoms with E-state index in [0.717, 1.165) is 52.1 Å². The second kappa shape index (κ2) is 13.1. The van der Waals surface area contributed by atoms with E-state index in [-0.39, 0.29) is 12.4 Å². The van der Waals surface area contributed by atoms with Gasteiger partial charge in [-0.15, -0.1) is 0 Å². The predicted octanol–water partition coefficient (Wildman–Crippen LogP) is 9.37. The molecular formula is C31H31ClFN3O2. The van der Waals surface area contributed by atoms with Gasteiger partial charge in [-0.25, -0.2) is 14.4 Å². The van der Waals surface area contributed by atoms with Crippen LogP contribution in [0.3, 0.4) is 0 Å². The van der Waals surface area contributed by atoms with E-state index in [1.54, 1.807) is 24.3 Å². The molecular weight excluding hydrogens is 501 g/mol. The number of benzene rings is 3. The Morgan fingerprint density at radius 2 is 1.79 bits per heavy atom. The molecule has 0 fully saturated rings. The van der Waals surface area contributed by atoms with E-state index in [0.29, 0.717) is 16.6 Å². The largest absolute Gasteiger partial charge is 0.487 e. The average Bonchev–Trinajstić information content (AvgIpc) is 3.38. The molecule has 38 heavy (non-hydrogen) atoms. The lowest BCUT2D eigenvalue weighted by Crippen LogP contribution is -1.98. The van der Waals surface area contributed by atoms with Gasteiger partial charge in [0, 0.05) is 23.1 Å². The lowest BCUT2D eigenvalue weighted by atomic mass is 10.1. The first kappa shape index (κ1) is 27.1. The molecule has 0 aliphatic heterocycles. The van der Waals surface area contributed by atoms with Crippen molar-refractivity contribution in [2.45, 2.75) is 46.6 Å². The first-order chi connectivity index (χ1) is 18.5. The number of aryl methyl sites for hydroxylation is 1. The normalized spacial score (nSPS) is 10.7. The Morgan fingerprint density at radius 1 is 0.947 bits per heavy atom. The van der Waals surface area contributed by atoms with Crippen LogP contribution in [0.1, 0.15) is 44.9 Å². The van der Waals surface area contributed by atoms with Gasteiger partial charge in [0.15, 0.2) is 0 Å². The maximum Gasteiger partial charge on any atom is 0.141 e. The lowest BCUT2D eigenvalue weighted by molar-refractivity contribution is 0.306. The van der Waals surface area contributed by atoms with Crippen LogP contribution < -0.4 is 10.1 Å². The van der Waals surface area contributed by atoms with Gasteiger partial charge in [-0.3, -0.25) is 0 Å². The van der Waals surface area contributed by atoms with Crippen molar-refractivity contribution in [3.63, 3.8) is 0 Å². The molecule has 2 aromatic heterocycles. The number of hydrogen-bond donors (Lipinski definition) is 1. The van der Waals surface area contributed by atoms with Crippen molar-refractivity contribution < 1.29 is 13.5 Å². The summed E-state index contributed by atoms with van der Waals surface area (Å²) in [6, 6.07) is 21.7. The van der Waals surface area contributed by atoms with Crippen LogP contribution in [0.2, 0.25) is 5.02 Å². The minimum absolute atomic E-state index is 0.219. The molecule has 1 N–H and O–H groups in total. The Hall–Kier alpha value is -3.90. The van der Waals surface area contributed by atoms with Crippen LogP contribution in [0.4, 0.5) is 15.9 Å². The van der Waals surface area contributed by atoms with Gasteiger partial charge >= 0.3 is 0 Å². The zero-order valence-electron chi connectivity index (χ0n) is 21.8. The monoisotopic (exact) mass is 531 g/mol. The number of furan rings is 1. The first-order valence-electron chi connectivity index (χ1n) is 12.8. The number of fused-ring (bicyclic) bond motifs is 1. The van der Waals surface area contributed by atoms with E-state index in [2.05, 4.69) is 36.1 Å². The molecule has 2 heterocycles. The molecule has 5 aromatic rings. The summed E-state index contributed by atoms with van der Waals surface area (Å²) < 4.78 is 25.2. The molecule has 196 valence electrons. The molecule has 0 radical (unpaired) electrons. The fraction of sp³-hybridized carbons (Fsp3) is 0.226. The van der Waals surface area contributed by atoms with Gasteiger partial charge in [0.25, 0.3) is 0 Å². The number of halogens is 2. The number of aromatic nitrogens is 2. The Labute approximate surface area is 227 Å². The summed E-state index contributed by atoms with van der Waals surface area (Å²) in [4.78, 5) is 8.83. The van der Waals surface area contributed by atoms with Gasteiger partial charge in [0.05, 0.1) is 10.5 Å². The van der Waals surface area contributed by atoms with Crippen LogP contribution in [0.25, 0.3) is 22.2 Å². The molecule has 0 bridgehead atoms. The number of ether oxygens (including phenoxy) is 1. The third-order valence-corrected chi connectivity index (χ3v) is 5.85. The van der Waals surface area contributed by atoms with Crippen LogP contribution in [0.15, 0.2) is 83.5 Å². The van der Waals surface area contributed by atoms with Gasteiger partial charge in [0.2, 0.25) is 0 Å². The molecule has 0 aliphatic carbocycles. The molecule has 0 aliphatic rings. The zero-order valence-corrected chi connectivity index (χ0v) is 22.6. The van der Waals surface area contributed by atoms with Crippen LogP contribution in [-0.4, -0.2) is 9.97 Å². The molecule has 0 saturated carbocycles. The molecule has 3 aromatic carbocycles. The SMILES string of the molecule is CCC.CCCc1ccc(-c2ccc3ncnc(Nc4ccc(OCc5cccc(F)c5)c(Cl)c4)c3c2)o1.